The Kier molecular flexibility index (Phi) is 7.63. The molecule has 1 aliphatic heterocycles. The van der Waals surface area contributed by atoms with E-state index in [0.29, 0.717) is 30.4 Å². The molecule has 1 atom stereocenters. The molecule has 5 nitrogen and oxygen atoms in total. The van der Waals surface area contributed by atoms with E-state index in [1.54, 1.807) is 24.1 Å². The van der Waals surface area contributed by atoms with Crippen LogP contribution in [-0.4, -0.2) is 44.7 Å². The molecule has 146 valence electrons. The highest BCUT2D eigenvalue weighted by atomic mass is 19.3. The van der Waals surface area contributed by atoms with Crippen molar-refractivity contribution in [2.24, 2.45) is 11.8 Å². The molecule has 2 rings (SSSR count). The summed E-state index contributed by atoms with van der Waals surface area (Å²) in [7, 11) is 3.13. The molecular formula is C19H28F2N2O3. The molecule has 26 heavy (non-hydrogen) atoms. The lowest BCUT2D eigenvalue weighted by Gasteiger charge is -2.29. The summed E-state index contributed by atoms with van der Waals surface area (Å²) in [6.07, 6.45) is 2.70. The van der Waals surface area contributed by atoms with E-state index in [-0.39, 0.29) is 17.4 Å². The molecule has 0 bridgehead atoms. The van der Waals surface area contributed by atoms with Crippen molar-refractivity contribution in [3.8, 4) is 11.5 Å². The third kappa shape index (κ3) is 5.83. The van der Waals surface area contributed by atoms with Crippen molar-refractivity contribution in [3.05, 3.63) is 23.8 Å². The largest absolute Gasteiger partial charge is 0.493 e. The fourth-order valence-corrected chi connectivity index (χ4v) is 3.38. The lowest BCUT2D eigenvalue weighted by molar-refractivity contribution is -0.131. The Morgan fingerprint density at radius 3 is 2.62 bits per heavy atom. The molecule has 1 N–H and O–H groups in total. The number of rotatable bonds is 8. The number of hydrogen-bond donors (Lipinski definition) is 1. The molecule has 0 saturated carbocycles. The molecule has 0 aliphatic carbocycles. The number of carbonyl (C=O) groups is 1. The van der Waals surface area contributed by atoms with Crippen LogP contribution in [0.3, 0.4) is 0 Å². The van der Waals surface area contributed by atoms with E-state index in [1.165, 1.54) is 13.2 Å². The molecule has 7 heteroatoms. The summed E-state index contributed by atoms with van der Waals surface area (Å²) in [6, 6.07) is 4.81. The first-order valence-electron chi connectivity index (χ1n) is 8.97. The van der Waals surface area contributed by atoms with E-state index in [0.717, 1.165) is 25.9 Å². The summed E-state index contributed by atoms with van der Waals surface area (Å²) in [4.78, 5) is 14.2. The second kappa shape index (κ2) is 9.71. The van der Waals surface area contributed by atoms with E-state index < -0.39 is 6.61 Å². The summed E-state index contributed by atoms with van der Waals surface area (Å²) in [5, 5.41) is 3.34. The van der Waals surface area contributed by atoms with Crippen molar-refractivity contribution in [2.75, 3.05) is 27.2 Å². The first kappa shape index (κ1) is 20.4. The molecule has 1 aromatic rings. The van der Waals surface area contributed by atoms with Gasteiger partial charge in [-0.15, -0.1) is 0 Å². The Morgan fingerprint density at radius 1 is 1.31 bits per heavy atom. The third-order valence-corrected chi connectivity index (χ3v) is 4.97. The number of methoxy groups -OCH3 is 1. The highest BCUT2D eigenvalue weighted by molar-refractivity contribution is 5.76. The quantitative estimate of drug-likeness (QED) is 0.763. The van der Waals surface area contributed by atoms with Crippen molar-refractivity contribution in [1.82, 2.24) is 10.2 Å². The molecular weight excluding hydrogens is 342 g/mol. The zero-order valence-electron chi connectivity index (χ0n) is 15.6. The van der Waals surface area contributed by atoms with Gasteiger partial charge in [0.2, 0.25) is 5.91 Å². The van der Waals surface area contributed by atoms with Gasteiger partial charge in [-0.25, -0.2) is 0 Å². The minimum Gasteiger partial charge on any atom is -0.493 e. The van der Waals surface area contributed by atoms with Crippen LogP contribution in [0.4, 0.5) is 8.78 Å². The number of alkyl halides is 2. The number of carbonyl (C=O) groups excluding carboxylic acids is 1. The molecule has 1 fully saturated rings. The SMILES string of the molecule is COc1ccc(CN(C)C(=O)CC(C)C2CCNCC2)cc1OC(F)F. The van der Waals surface area contributed by atoms with Crippen LogP contribution in [0, 0.1) is 11.8 Å². The minimum absolute atomic E-state index is 0.0241. The van der Waals surface area contributed by atoms with Gasteiger partial charge in [-0.2, -0.15) is 8.78 Å². The lowest BCUT2D eigenvalue weighted by atomic mass is 9.84. The Morgan fingerprint density at radius 2 is 2.00 bits per heavy atom. The molecule has 1 heterocycles. The highest BCUT2D eigenvalue weighted by Gasteiger charge is 2.23. The maximum Gasteiger partial charge on any atom is 0.387 e. The van der Waals surface area contributed by atoms with Crippen molar-refractivity contribution in [3.63, 3.8) is 0 Å². The smallest absolute Gasteiger partial charge is 0.387 e. The van der Waals surface area contributed by atoms with Gasteiger partial charge in [0.25, 0.3) is 0 Å². The van der Waals surface area contributed by atoms with Gasteiger partial charge in [0.15, 0.2) is 11.5 Å². The van der Waals surface area contributed by atoms with Gasteiger partial charge in [-0.1, -0.05) is 13.0 Å². The first-order chi connectivity index (χ1) is 12.4. The second-order valence-corrected chi connectivity index (χ2v) is 6.88. The number of piperidine rings is 1. The number of benzene rings is 1. The molecule has 1 aromatic carbocycles. The molecule has 1 aliphatic rings. The molecule has 0 radical (unpaired) electrons. The molecule has 0 spiro atoms. The van der Waals surface area contributed by atoms with Crippen LogP contribution < -0.4 is 14.8 Å². The normalized spacial score (nSPS) is 16.4. The number of nitrogens with zero attached hydrogens (tertiary/aromatic N) is 1. The fraction of sp³-hybridized carbons (Fsp3) is 0.632. The Balaban J connectivity index is 1.95. The topological polar surface area (TPSA) is 50.8 Å². The van der Waals surface area contributed by atoms with Crippen molar-refractivity contribution >= 4 is 5.91 Å². The maximum absolute atomic E-state index is 12.5. The Bertz CT molecular complexity index is 592. The van der Waals surface area contributed by atoms with Gasteiger partial charge >= 0.3 is 6.61 Å². The Labute approximate surface area is 153 Å². The summed E-state index contributed by atoms with van der Waals surface area (Å²) < 4.78 is 34.6. The van der Waals surface area contributed by atoms with Crippen LogP contribution in [0.2, 0.25) is 0 Å². The zero-order valence-corrected chi connectivity index (χ0v) is 15.6. The molecule has 1 amide bonds. The summed E-state index contributed by atoms with van der Waals surface area (Å²) in [5.74, 6) is 1.18. The third-order valence-electron chi connectivity index (χ3n) is 4.97. The van der Waals surface area contributed by atoms with Gasteiger partial charge in [-0.3, -0.25) is 4.79 Å². The minimum atomic E-state index is -2.93. The van der Waals surface area contributed by atoms with E-state index in [1.807, 2.05) is 0 Å². The molecule has 1 unspecified atom stereocenters. The van der Waals surface area contributed by atoms with Crippen molar-refractivity contribution in [1.29, 1.82) is 0 Å². The van der Waals surface area contributed by atoms with Gasteiger partial charge < -0.3 is 19.7 Å². The van der Waals surface area contributed by atoms with E-state index in [4.69, 9.17) is 4.74 Å². The summed E-state index contributed by atoms with van der Waals surface area (Å²) in [6.45, 7) is 1.56. The fourth-order valence-electron chi connectivity index (χ4n) is 3.38. The first-order valence-corrected chi connectivity index (χ1v) is 8.97. The zero-order chi connectivity index (χ0) is 19.1. The van der Waals surface area contributed by atoms with Crippen LogP contribution in [0.1, 0.15) is 31.7 Å². The molecule has 0 aromatic heterocycles. The number of amides is 1. The number of ether oxygens (including phenoxy) is 2. The predicted molar refractivity (Wildman–Crippen MR) is 95.5 cm³/mol. The van der Waals surface area contributed by atoms with Gasteiger partial charge in [0.05, 0.1) is 7.11 Å². The van der Waals surface area contributed by atoms with Crippen LogP contribution in [0.15, 0.2) is 18.2 Å². The standard InChI is InChI=1S/C19H28F2N2O3/c1-13(15-6-8-22-9-7-15)10-18(24)23(2)12-14-4-5-16(25-3)17(11-14)26-19(20)21/h4-5,11,13,15,19,22H,6-10,12H2,1-3H3. The lowest BCUT2D eigenvalue weighted by Crippen LogP contribution is -2.34. The summed E-state index contributed by atoms with van der Waals surface area (Å²) >= 11 is 0. The van der Waals surface area contributed by atoms with E-state index in [9.17, 15) is 13.6 Å². The van der Waals surface area contributed by atoms with E-state index in [2.05, 4.69) is 17.0 Å². The number of hydrogen-bond acceptors (Lipinski definition) is 4. The monoisotopic (exact) mass is 370 g/mol. The van der Waals surface area contributed by atoms with Crippen molar-refractivity contribution in [2.45, 2.75) is 39.3 Å². The second-order valence-electron chi connectivity index (χ2n) is 6.88. The van der Waals surface area contributed by atoms with Crippen LogP contribution in [0.25, 0.3) is 0 Å². The summed E-state index contributed by atoms with van der Waals surface area (Å²) in [5.41, 5.74) is 0.715. The van der Waals surface area contributed by atoms with Gasteiger partial charge in [0, 0.05) is 20.0 Å². The van der Waals surface area contributed by atoms with Crippen LogP contribution in [0.5, 0.6) is 11.5 Å². The van der Waals surface area contributed by atoms with Gasteiger partial charge in [-0.05, 0) is 55.5 Å². The predicted octanol–water partition coefficient (Wildman–Crippen LogP) is 3.28. The molecule has 1 saturated heterocycles. The van der Waals surface area contributed by atoms with Crippen LogP contribution >= 0.6 is 0 Å². The van der Waals surface area contributed by atoms with E-state index >= 15 is 0 Å². The average Bonchev–Trinajstić information content (AvgIpc) is 2.62. The maximum atomic E-state index is 12.5. The van der Waals surface area contributed by atoms with Gasteiger partial charge in [0.1, 0.15) is 0 Å². The van der Waals surface area contributed by atoms with Crippen LogP contribution in [-0.2, 0) is 11.3 Å². The highest BCUT2D eigenvalue weighted by Crippen LogP contribution is 2.30. The number of nitrogens with one attached hydrogen (secondary N) is 1. The average molecular weight is 370 g/mol. The van der Waals surface area contributed by atoms with Crippen molar-refractivity contribution < 1.29 is 23.0 Å². The number of halogens is 2. The Hall–Kier alpha value is -1.89.